The molecule has 1 aromatic heterocycles. The van der Waals surface area contributed by atoms with Gasteiger partial charge in [0.15, 0.2) is 6.61 Å². The highest BCUT2D eigenvalue weighted by Gasteiger charge is 2.24. The lowest BCUT2D eigenvalue weighted by atomic mass is 9.90. The van der Waals surface area contributed by atoms with Gasteiger partial charge in [0, 0.05) is 17.6 Å². The number of amides is 2. The van der Waals surface area contributed by atoms with E-state index in [1.54, 1.807) is 13.8 Å². The molecule has 7 heteroatoms. The molecule has 1 heterocycles. The Balaban J connectivity index is 1.75. The minimum Gasteiger partial charge on any atom is -0.452 e. The van der Waals surface area contributed by atoms with Gasteiger partial charge in [0.25, 0.3) is 5.91 Å². The van der Waals surface area contributed by atoms with Crippen LogP contribution >= 0.6 is 0 Å². The smallest absolute Gasteiger partial charge is 0.339 e. The van der Waals surface area contributed by atoms with Crippen LogP contribution in [-0.4, -0.2) is 42.0 Å². The van der Waals surface area contributed by atoms with Crippen LogP contribution in [0.25, 0.3) is 10.9 Å². The molecule has 1 aliphatic rings. The number of carbonyl (C=O) groups excluding carboxylic acids is 3. The lowest BCUT2D eigenvalue weighted by Gasteiger charge is -2.20. The Morgan fingerprint density at radius 1 is 1.18 bits per heavy atom. The van der Waals surface area contributed by atoms with Crippen LogP contribution in [0.4, 0.5) is 0 Å². The van der Waals surface area contributed by atoms with E-state index >= 15 is 0 Å². The molecule has 0 unspecified atom stereocenters. The fourth-order valence-corrected chi connectivity index (χ4v) is 3.49. The molecular formula is C21H25N3O4. The average Bonchev–Trinajstić information content (AvgIpc) is 2.70. The number of nitrogens with one attached hydrogen (secondary N) is 2. The number of fused-ring (bicyclic) bond motifs is 2. The van der Waals surface area contributed by atoms with Gasteiger partial charge in [-0.25, -0.2) is 4.79 Å². The number of aromatic nitrogens is 1. The number of nitrogens with zero attached hydrogens (tertiary/aromatic N) is 1. The molecular weight excluding hydrogens is 358 g/mol. The number of esters is 1. The van der Waals surface area contributed by atoms with Crippen molar-refractivity contribution in [2.75, 3.05) is 13.2 Å². The number of para-hydroxylation sites is 1. The second-order valence-corrected chi connectivity index (χ2v) is 6.90. The normalized spacial score (nSPS) is 14.1. The van der Waals surface area contributed by atoms with Gasteiger partial charge < -0.3 is 15.4 Å². The summed E-state index contributed by atoms with van der Waals surface area (Å²) in [4.78, 5) is 41.3. The maximum atomic E-state index is 12.8. The first kappa shape index (κ1) is 19.8. The van der Waals surface area contributed by atoms with Crippen molar-refractivity contribution in [2.24, 2.45) is 0 Å². The first-order valence-electron chi connectivity index (χ1n) is 9.66. The zero-order chi connectivity index (χ0) is 20.1. The number of aryl methyl sites for hydroxylation is 1. The molecule has 0 spiro atoms. The van der Waals surface area contributed by atoms with E-state index in [2.05, 4.69) is 10.6 Å². The quantitative estimate of drug-likeness (QED) is 0.743. The number of hydrogen-bond donors (Lipinski definition) is 2. The zero-order valence-electron chi connectivity index (χ0n) is 16.2. The fraction of sp³-hybridized carbons (Fsp3) is 0.429. The molecule has 2 aromatic rings. The van der Waals surface area contributed by atoms with Crippen molar-refractivity contribution in [1.82, 2.24) is 15.6 Å². The minimum absolute atomic E-state index is 0.281. The Morgan fingerprint density at radius 3 is 2.71 bits per heavy atom. The van der Waals surface area contributed by atoms with Gasteiger partial charge in [-0.1, -0.05) is 18.2 Å². The third kappa shape index (κ3) is 4.30. The summed E-state index contributed by atoms with van der Waals surface area (Å²) in [5.74, 6) is -1.33. The number of ether oxygens (including phenoxy) is 1. The SMILES string of the molecule is CCNC(=O)[C@H](C)NC(=O)COC(=O)c1c2c(nc3ccccc13)CCCC2. The van der Waals surface area contributed by atoms with Crippen LogP contribution in [0.5, 0.6) is 0 Å². The van der Waals surface area contributed by atoms with Crippen molar-refractivity contribution >= 4 is 28.7 Å². The maximum Gasteiger partial charge on any atom is 0.339 e. The molecule has 0 saturated heterocycles. The molecule has 28 heavy (non-hydrogen) atoms. The van der Waals surface area contributed by atoms with E-state index in [0.29, 0.717) is 12.1 Å². The third-order valence-electron chi connectivity index (χ3n) is 4.83. The van der Waals surface area contributed by atoms with Crippen LogP contribution in [0.3, 0.4) is 0 Å². The average molecular weight is 383 g/mol. The summed E-state index contributed by atoms with van der Waals surface area (Å²) in [7, 11) is 0. The van der Waals surface area contributed by atoms with E-state index in [0.717, 1.165) is 47.8 Å². The molecule has 0 fully saturated rings. The monoisotopic (exact) mass is 383 g/mol. The van der Waals surface area contributed by atoms with Gasteiger partial charge in [-0.15, -0.1) is 0 Å². The Labute approximate surface area is 163 Å². The summed E-state index contributed by atoms with van der Waals surface area (Å²) in [6.45, 7) is 3.42. The van der Waals surface area contributed by atoms with Crippen molar-refractivity contribution in [3.63, 3.8) is 0 Å². The van der Waals surface area contributed by atoms with E-state index < -0.39 is 24.5 Å². The van der Waals surface area contributed by atoms with Crippen LogP contribution in [0.15, 0.2) is 24.3 Å². The number of benzene rings is 1. The van der Waals surface area contributed by atoms with Gasteiger partial charge in [-0.3, -0.25) is 14.6 Å². The van der Waals surface area contributed by atoms with Crippen LogP contribution in [0.2, 0.25) is 0 Å². The molecule has 0 bridgehead atoms. The highest BCUT2D eigenvalue weighted by atomic mass is 16.5. The molecule has 1 aliphatic carbocycles. The molecule has 0 saturated carbocycles. The van der Waals surface area contributed by atoms with Gasteiger partial charge in [0.2, 0.25) is 5.91 Å². The molecule has 7 nitrogen and oxygen atoms in total. The third-order valence-corrected chi connectivity index (χ3v) is 4.83. The molecule has 2 N–H and O–H groups in total. The number of rotatable bonds is 6. The van der Waals surface area contributed by atoms with Crippen molar-refractivity contribution in [1.29, 1.82) is 0 Å². The molecule has 1 aromatic carbocycles. The Kier molecular flexibility index (Phi) is 6.23. The molecule has 0 aliphatic heterocycles. The van der Waals surface area contributed by atoms with E-state index in [1.807, 2.05) is 24.3 Å². The fourth-order valence-electron chi connectivity index (χ4n) is 3.49. The van der Waals surface area contributed by atoms with E-state index in [4.69, 9.17) is 9.72 Å². The number of hydrogen-bond acceptors (Lipinski definition) is 5. The van der Waals surface area contributed by atoms with Gasteiger partial charge in [-0.2, -0.15) is 0 Å². The van der Waals surface area contributed by atoms with Crippen LogP contribution in [0, 0.1) is 0 Å². The molecule has 0 radical (unpaired) electrons. The molecule has 148 valence electrons. The number of likely N-dealkylation sites (N-methyl/N-ethyl adjacent to an activating group) is 1. The van der Waals surface area contributed by atoms with Crippen molar-refractivity contribution in [3.05, 3.63) is 41.1 Å². The Hall–Kier alpha value is -2.96. The topological polar surface area (TPSA) is 97.4 Å². The maximum absolute atomic E-state index is 12.8. The predicted octanol–water partition coefficient (Wildman–Crippen LogP) is 1.91. The Bertz CT molecular complexity index is 910. The second kappa shape index (κ2) is 8.82. The van der Waals surface area contributed by atoms with E-state index in [-0.39, 0.29) is 5.91 Å². The summed E-state index contributed by atoms with van der Waals surface area (Å²) >= 11 is 0. The van der Waals surface area contributed by atoms with Crippen molar-refractivity contribution < 1.29 is 19.1 Å². The predicted molar refractivity (Wildman–Crippen MR) is 105 cm³/mol. The highest BCUT2D eigenvalue weighted by Crippen LogP contribution is 2.29. The Morgan fingerprint density at radius 2 is 1.93 bits per heavy atom. The summed E-state index contributed by atoms with van der Waals surface area (Å²) in [6.07, 6.45) is 3.66. The molecule has 3 rings (SSSR count). The summed E-state index contributed by atoms with van der Waals surface area (Å²) in [5.41, 5.74) is 3.12. The van der Waals surface area contributed by atoms with E-state index in [1.165, 1.54) is 0 Å². The highest BCUT2D eigenvalue weighted by molar-refractivity contribution is 6.05. The van der Waals surface area contributed by atoms with Crippen LogP contribution in [0.1, 0.15) is 48.3 Å². The summed E-state index contributed by atoms with van der Waals surface area (Å²) in [5, 5.41) is 5.90. The largest absolute Gasteiger partial charge is 0.452 e. The number of carbonyl (C=O) groups is 3. The standard InChI is InChI=1S/C21H25N3O4/c1-3-22-20(26)13(2)23-18(25)12-28-21(27)19-14-8-4-6-10-16(14)24-17-11-7-5-9-15(17)19/h4,6,8,10,13H,3,5,7,9,11-12H2,1-2H3,(H,22,26)(H,23,25)/t13-/m0/s1. The van der Waals surface area contributed by atoms with Gasteiger partial charge in [0.1, 0.15) is 6.04 Å². The van der Waals surface area contributed by atoms with Crippen molar-refractivity contribution in [3.8, 4) is 0 Å². The zero-order valence-corrected chi connectivity index (χ0v) is 16.2. The summed E-state index contributed by atoms with van der Waals surface area (Å²) < 4.78 is 5.29. The van der Waals surface area contributed by atoms with Crippen LogP contribution in [-0.2, 0) is 27.2 Å². The minimum atomic E-state index is -0.694. The molecule has 1 atom stereocenters. The lowest BCUT2D eigenvalue weighted by molar-refractivity contribution is -0.130. The van der Waals surface area contributed by atoms with Gasteiger partial charge >= 0.3 is 5.97 Å². The summed E-state index contributed by atoms with van der Waals surface area (Å²) in [6, 6.07) is 6.78. The van der Waals surface area contributed by atoms with Crippen LogP contribution < -0.4 is 10.6 Å². The second-order valence-electron chi connectivity index (χ2n) is 6.90. The number of pyridine rings is 1. The van der Waals surface area contributed by atoms with Crippen molar-refractivity contribution in [2.45, 2.75) is 45.6 Å². The first-order valence-corrected chi connectivity index (χ1v) is 9.66. The first-order chi connectivity index (χ1) is 13.5. The van der Waals surface area contributed by atoms with E-state index in [9.17, 15) is 14.4 Å². The van der Waals surface area contributed by atoms with Gasteiger partial charge in [-0.05, 0) is 51.2 Å². The lowest BCUT2D eigenvalue weighted by Crippen LogP contribution is -2.46. The van der Waals surface area contributed by atoms with Gasteiger partial charge in [0.05, 0.1) is 11.1 Å². The molecule has 2 amide bonds.